The Kier molecular flexibility index (Phi) is 4.03. The molecule has 1 heterocycles. The standard InChI is InChI=1S/C12H11BrFN3O3/c1-6-5-15-12(20-6)7(2)16-10-3-8(13)9(14)4-11(10)17(18)19/h3-5,7,16H,1-2H3. The minimum absolute atomic E-state index is 0.140. The Morgan fingerprint density at radius 1 is 1.55 bits per heavy atom. The highest BCUT2D eigenvalue weighted by Crippen LogP contribution is 2.32. The first-order valence-corrected chi connectivity index (χ1v) is 6.50. The number of anilines is 1. The summed E-state index contributed by atoms with van der Waals surface area (Å²) < 4.78 is 18.9. The molecule has 1 atom stereocenters. The van der Waals surface area contributed by atoms with Crippen LogP contribution in [-0.2, 0) is 0 Å². The number of halogens is 2. The van der Waals surface area contributed by atoms with E-state index in [-0.39, 0.29) is 21.9 Å². The van der Waals surface area contributed by atoms with Crippen molar-refractivity contribution in [1.82, 2.24) is 4.98 Å². The molecule has 1 aromatic heterocycles. The lowest BCUT2D eigenvalue weighted by Gasteiger charge is -2.12. The lowest BCUT2D eigenvalue weighted by molar-refractivity contribution is -0.384. The summed E-state index contributed by atoms with van der Waals surface area (Å²) in [6, 6.07) is 1.79. The number of aryl methyl sites for hydroxylation is 1. The molecule has 0 saturated carbocycles. The lowest BCUT2D eigenvalue weighted by Crippen LogP contribution is -2.09. The van der Waals surface area contributed by atoms with Crippen molar-refractivity contribution in [2.45, 2.75) is 19.9 Å². The Morgan fingerprint density at radius 2 is 2.25 bits per heavy atom. The van der Waals surface area contributed by atoms with Crippen molar-refractivity contribution in [3.05, 3.63) is 50.4 Å². The SMILES string of the molecule is Cc1cnc(C(C)Nc2cc(Br)c(F)cc2[N+](=O)[O-])o1. The molecule has 0 spiro atoms. The fourth-order valence-electron chi connectivity index (χ4n) is 1.67. The topological polar surface area (TPSA) is 81.2 Å². The van der Waals surface area contributed by atoms with E-state index in [0.717, 1.165) is 6.07 Å². The van der Waals surface area contributed by atoms with Gasteiger partial charge in [0.25, 0.3) is 5.69 Å². The smallest absolute Gasteiger partial charge is 0.295 e. The van der Waals surface area contributed by atoms with Crippen LogP contribution in [0.3, 0.4) is 0 Å². The van der Waals surface area contributed by atoms with Crippen molar-refractivity contribution in [3.63, 3.8) is 0 Å². The molecule has 0 radical (unpaired) electrons. The van der Waals surface area contributed by atoms with Gasteiger partial charge in [-0.2, -0.15) is 0 Å². The van der Waals surface area contributed by atoms with E-state index in [4.69, 9.17) is 4.42 Å². The molecule has 0 amide bonds. The second-order valence-electron chi connectivity index (χ2n) is 4.22. The quantitative estimate of drug-likeness (QED) is 0.671. The van der Waals surface area contributed by atoms with Gasteiger partial charge in [0.1, 0.15) is 23.3 Å². The van der Waals surface area contributed by atoms with Gasteiger partial charge in [-0.3, -0.25) is 10.1 Å². The second kappa shape index (κ2) is 5.58. The number of aromatic nitrogens is 1. The van der Waals surface area contributed by atoms with Crippen molar-refractivity contribution in [1.29, 1.82) is 0 Å². The molecule has 20 heavy (non-hydrogen) atoms. The lowest BCUT2D eigenvalue weighted by atomic mass is 10.2. The number of hydrogen-bond donors (Lipinski definition) is 1. The molecule has 6 nitrogen and oxygen atoms in total. The minimum atomic E-state index is -0.693. The Hall–Kier alpha value is -1.96. The maximum Gasteiger partial charge on any atom is 0.295 e. The predicted molar refractivity (Wildman–Crippen MR) is 74.0 cm³/mol. The largest absolute Gasteiger partial charge is 0.444 e. The van der Waals surface area contributed by atoms with Crippen LogP contribution in [-0.4, -0.2) is 9.91 Å². The summed E-state index contributed by atoms with van der Waals surface area (Å²) in [5.41, 5.74) is -0.160. The zero-order valence-corrected chi connectivity index (χ0v) is 12.3. The van der Waals surface area contributed by atoms with E-state index >= 15 is 0 Å². The molecule has 0 bridgehead atoms. The average molecular weight is 344 g/mol. The van der Waals surface area contributed by atoms with E-state index in [0.29, 0.717) is 11.7 Å². The van der Waals surface area contributed by atoms with Crippen LogP contribution in [0, 0.1) is 22.9 Å². The summed E-state index contributed by atoms with van der Waals surface area (Å²) in [5.74, 6) is 0.350. The van der Waals surface area contributed by atoms with Gasteiger partial charge in [-0.15, -0.1) is 0 Å². The van der Waals surface area contributed by atoms with Crippen LogP contribution in [0.1, 0.15) is 24.6 Å². The molecule has 0 aliphatic heterocycles. The van der Waals surface area contributed by atoms with Gasteiger partial charge < -0.3 is 9.73 Å². The minimum Gasteiger partial charge on any atom is -0.444 e. The number of nitrogens with zero attached hydrogens (tertiary/aromatic N) is 2. The van der Waals surface area contributed by atoms with Gasteiger partial charge in [0.15, 0.2) is 0 Å². The Morgan fingerprint density at radius 3 is 2.80 bits per heavy atom. The molecule has 106 valence electrons. The van der Waals surface area contributed by atoms with Crippen LogP contribution < -0.4 is 5.32 Å². The van der Waals surface area contributed by atoms with Gasteiger partial charge in [0, 0.05) is 0 Å². The molecule has 1 N–H and O–H groups in total. The van der Waals surface area contributed by atoms with Crippen molar-refractivity contribution in [3.8, 4) is 0 Å². The van der Waals surface area contributed by atoms with Crippen LogP contribution in [0.2, 0.25) is 0 Å². The summed E-state index contributed by atoms with van der Waals surface area (Å²) in [6.07, 6.45) is 1.56. The predicted octanol–water partition coefficient (Wildman–Crippen LogP) is 3.97. The number of hydrogen-bond acceptors (Lipinski definition) is 5. The fourth-order valence-corrected chi connectivity index (χ4v) is 2.01. The second-order valence-corrected chi connectivity index (χ2v) is 5.07. The first kappa shape index (κ1) is 14.4. The van der Waals surface area contributed by atoms with Crippen molar-refractivity contribution >= 4 is 27.3 Å². The molecular formula is C12H11BrFN3O3. The van der Waals surface area contributed by atoms with E-state index in [2.05, 4.69) is 26.2 Å². The summed E-state index contributed by atoms with van der Waals surface area (Å²) in [4.78, 5) is 14.3. The van der Waals surface area contributed by atoms with Crippen LogP contribution in [0.25, 0.3) is 0 Å². The van der Waals surface area contributed by atoms with Crippen LogP contribution in [0.5, 0.6) is 0 Å². The molecule has 0 aliphatic carbocycles. The van der Waals surface area contributed by atoms with Crippen molar-refractivity contribution < 1.29 is 13.7 Å². The first-order valence-electron chi connectivity index (χ1n) is 5.70. The van der Waals surface area contributed by atoms with Crippen molar-refractivity contribution in [2.24, 2.45) is 0 Å². The number of benzene rings is 1. The first-order chi connectivity index (χ1) is 9.38. The molecule has 0 aliphatic rings. The van der Waals surface area contributed by atoms with E-state index < -0.39 is 10.7 Å². The third-order valence-electron chi connectivity index (χ3n) is 2.62. The monoisotopic (exact) mass is 343 g/mol. The van der Waals surface area contributed by atoms with E-state index in [9.17, 15) is 14.5 Å². The van der Waals surface area contributed by atoms with Gasteiger partial charge in [-0.05, 0) is 35.8 Å². The van der Waals surface area contributed by atoms with Gasteiger partial charge >= 0.3 is 0 Å². The van der Waals surface area contributed by atoms with E-state index in [1.165, 1.54) is 6.07 Å². The zero-order chi connectivity index (χ0) is 14.9. The maximum absolute atomic E-state index is 13.4. The number of nitro groups is 1. The molecule has 1 aromatic carbocycles. The number of oxazole rings is 1. The Bertz CT molecular complexity index is 659. The summed E-state index contributed by atoms with van der Waals surface area (Å²) in [7, 11) is 0. The van der Waals surface area contributed by atoms with Gasteiger partial charge in [-0.1, -0.05) is 0 Å². The Labute approximate surface area is 122 Å². The summed E-state index contributed by atoms with van der Waals surface area (Å²) >= 11 is 3.00. The molecule has 2 aromatic rings. The fraction of sp³-hybridized carbons (Fsp3) is 0.250. The molecule has 8 heteroatoms. The molecule has 2 rings (SSSR count). The third kappa shape index (κ3) is 2.96. The Balaban J connectivity index is 2.33. The number of rotatable bonds is 4. The normalized spacial score (nSPS) is 12.2. The van der Waals surface area contributed by atoms with Crippen LogP contribution >= 0.6 is 15.9 Å². The zero-order valence-electron chi connectivity index (χ0n) is 10.7. The van der Waals surface area contributed by atoms with E-state index in [1.54, 1.807) is 20.0 Å². The summed E-state index contributed by atoms with van der Waals surface area (Å²) in [6.45, 7) is 3.49. The maximum atomic E-state index is 13.4. The summed E-state index contributed by atoms with van der Waals surface area (Å²) in [5, 5.41) is 13.8. The highest BCUT2D eigenvalue weighted by atomic mass is 79.9. The highest BCUT2D eigenvalue weighted by Gasteiger charge is 2.21. The molecule has 1 unspecified atom stereocenters. The average Bonchev–Trinajstić information content (AvgIpc) is 2.80. The van der Waals surface area contributed by atoms with Gasteiger partial charge in [0.2, 0.25) is 5.89 Å². The molecule has 0 fully saturated rings. The van der Waals surface area contributed by atoms with E-state index in [1.807, 2.05) is 0 Å². The molecular weight excluding hydrogens is 333 g/mol. The van der Waals surface area contributed by atoms with Crippen molar-refractivity contribution in [2.75, 3.05) is 5.32 Å². The number of nitrogens with one attached hydrogen (secondary N) is 1. The molecule has 0 saturated heterocycles. The highest BCUT2D eigenvalue weighted by molar-refractivity contribution is 9.10. The van der Waals surface area contributed by atoms with Crippen LogP contribution in [0.15, 0.2) is 27.2 Å². The number of nitro benzene ring substituents is 1. The van der Waals surface area contributed by atoms with Gasteiger partial charge in [0.05, 0.1) is 21.7 Å². The third-order valence-corrected chi connectivity index (χ3v) is 3.22. The van der Waals surface area contributed by atoms with Crippen LogP contribution in [0.4, 0.5) is 15.8 Å². The van der Waals surface area contributed by atoms with Gasteiger partial charge in [-0.25, -0.2) is 9.37 Å².